The Morgan fingerprint density at radius 2 is 1.76 bits per heavy atom. The van der Waals surface area contributed by atoms with E-state index in [1.807, 2.05) is 37.3 Å². The SMILES string of the molecule is CCCC[C@@H](OC(=O)[C@H](C)NC(=O)OCc1ccccc1)[C@@H](C)CC(=O)NC1CCCCC1. The molecule has 3 atom stereocenters. The molecule has 184 valence electrons. The quantitative estimate of drug-likeness (QED) is 0.434. The zero-order valence-corrected chi connectivity index (χ0v) is 20.3. The molecule has 0 saturated heterocycles. The molecule has 0 spiro atoms. The number of nitrogens with one attached hydrogen (secondary N) is 2. The van der Waals surface area contributed by atoms with Crippen molar-refractivity contribution < 1.29 is 23.9 Å². The van der Waals surface area contributed by atoms with Crippen molar-refractivity contribution in [1.82, 2.24) is 10.6 Å². The van der Waals surface area contributed by atoms with Crippen LogP contribution in [0.4, 0.5) is 4.79 Å². The summed E-state index contributed by atoms with van der Waals surface area (Å²) in [6.07, 6.45) is 7.46. The molecule has 7 nitrogen and oxygen atoms in total. The van der Waals surface area contributed by atoms with Gasteiger partial charge < -0.3 is 20.1 Å². The lowest BCUT2D eigenvalue weighted by molar-refractivity contribution is -0.155. The van der Waals surface area contributed by atoms with Gasteiger partial charge in [-0.15, -0.1) is 0 Å². The summed E-state index contributed by atoms with van der Waals surface area (Å²) >= 11 is 0. The molecule has 2 N–H and O–H groups in total. The molecule has 1 fully saturated rings. The lowest BCUT2D eigenvalue weighted by atomic mass is 9.93. The maximum atomic E-state index is 12.6. The second kappa shape index (κ2) is 14.6. The van der Waals surface area contributed by atoms with Crippen LogP contribution in [-0.4, -0.2) is 36.2 Å². The van der Waals surface area contributed by atoms with Crippen molar-refractivity contribution >= 4 is 18.0 Å². The number of carbonyl (C=O) groups is 3. The van der Waals surface area contributed by atoms with E-state index in [0.717, 1.165) is 44.1 Å². The number of amides is 2. The van der Waals surface area contributed by atoms with Gasteiger partial charge in [0.1, 0.15) is 18.8 Å². The molecular formula is C26H40N2O5. The molecular weight excluding hydrogens is 420 g/mol. The second-order valence-electron chi connectivity index (χ2n) is 9.13. The molecule has 0 aliphatic heterocycles. The highest BCUT2D eigenvalue weighted by Crippen LogP contribution is 2.21. The van der Waals surface area contributed by atoms with Crippen molar-refractivity contribution in [3.63, 3.8) is 0 Å². The molecule has 1 aliphatic rings. The number of esters is 1. The molecule has 1 aliphatic carbocycles. The molecule has 0 heterocycles. The van der Waals surface area contributed by atoms with E-state index >= 15 is 0 Å². The van der Waals surface area contributed by atoms with Gasteiger partial charge in [-0.2, -0.15) is 0 Å². The number of hydrogen-bond acceptors (Lipinski definition) is 5. The first kappa shape index (κ1) is 26.7. The van der Waals surface area contributed by atoms with Gasteiger partial charge in [0.2, 0.25) is 5.91 Å². The molecule has 1 saturated carbocycles. The Labute approximate surface area is 198 Å². The van der Waals surface area contributed by atoms with Crippen LogP contribution in [0.2, 0.25) is 0 Å². The third-order valence-electron chi connectivity index (χ3n) is 6.12. The molecule has 0 radical (unpaired) electrons. The van der Waals surface area contributed by atoms with Crippen LogP contribution in [0.1, 0.15) is 84.1 Å². The predicted octanol–water partition coefficient (Wildman–Crippen LogP) is 4.88. The highest BCUT2D eigenvalue weighted by atomic mass is 16.6. The van der Waals surface area contributed by atoms with Crippen molar-refractivity contribution in [2.75, 3.05) is 0 Å². The molecule has 33 heavy (non-hydrogen) atoms. The van der Waals surface area contributed by atoms with E-state index < -0.39 is 18.1 Å². The normalized spacial score (nSPS) is 16.8. The Balaban J connectivity index is 1.81. The first-order valence-corrected chi connectivity index (χ1v) is 12.4. The number of rotatable bonds is 12. The Bertz CT molecular complexity index is 733. The van der Waals surface area contributed by atoms with Crippen LogP contribution in [-0.2, 0) is 25.7 Å². The van der Waals surface area contributed by atoms with Gasteiger partial charge in [0.15, 0.2) is 0 Å². The molecule has 0 bridgehead atoms. The fourth-order valence-corrected chi connectivity index (χ4v) is 4.07. The predicted molar refractivity (Wildman–Crippen MR) is 127 cm³/mol. The van der Waals surface area contributed by atoms with Crippen LogP contribution in [0.15, 0.2) is 30.3 Å². The van der Waals surface area contributed by atoms with E-state index in [0.29, 0.717) is 12.8 Å². The lowest BCUT2D eigenvalue weighted by Gasteiger charge is -2.27. The molecule has 7 heteroatoms. The Morgan fingerprint density at radius 1 is 1.06 bits per heavy atom. The van der Waals surface area contributed by atoms with E-state index in [9.17, 15) is 14.4 Å². The van der Waals surface area contributed by atoms with Gasteiger partial charge in [-0.05, 0) is 31.7 Å². The van der Waals surface area contributed by atoms with E-state index in [4.69, 9.17) is 9.47 Å². The van der Waals surface area contributed by atoms with Crippen LogP contribution in [0, 0.1) is 5.92 Å². The summed E-state index contributed by atoms with van der Waals surface area (Å²) in [4.78, 5) is 37.2. The number of benzene rings is 1. The smallest absolute Gasteiger partial charge is 0.408 e. The maximum Gasteiger partial charge on any atom is 0.408 e. The van der Waals surface area contributed by atoms with Gasteiger partial charge in [0, 0.05) is 18.4 Å². The molecule has 0 unspecified atom stereocenters. The molecule has 0 aromatic heterocycles. The Morgan fingerprint density at radius 3 is 2.42 bits per heavy atom. The van der Waals surface area contributed by atoms with E-state index in [-0.39, 0.29) is 30.6 Å². The van der Waals surface area contributed by atoms with Crippen molar-refractivity contribution in [1.29, 1.82) is 0 Å². The topological polar surface area (TPSA) is 93.7 Å². The summed E-state index contributed by atoms with van der Waals surface area (Å²) in [6, 6.07) is 8.75. The number of carbonyl (C=O) groups excluding carboxylic acids is 3. The van der Waals surface area contributed by atoms with Gasteiger partial charge in [-0.1, -0.05) is 76.3 Å². The zero-order chi connectivity index (χ0) is 24.1. The average molecular weight is 461 g/mol. The van der Waals surface area contributed by atoms with Crippen LogP contribution in [0.3, 0.4) is 0 Å². The molecule has 2 rings (SSSR count). The summed E-state index contributed by atoms with van der Waals surface area (Å²) in [5.41, 5.74) is 0.864. The molecule has 1 aromatic rings. The molecule has 1 aromatic carbocycles. The Kier molecular flexibility index (Phi) is 11.8. The highest BCUT2D eigenvalue weighted by molar-refractivity contribution is 5.81. The molecule has 2 amide bonds. The summed E-state index contributed by atoms with van der Waals surface area (Å²) in [6.45, 7) is 5.72. The van der Waals surface area contributed by atoms with Crippen molar-refractivity contribution in [3.05, 3.63) is 35.9 Å². The summed E-state index contributed by atoms with van der Waals surface area (Å²) < 4.78 is 10.9. The fraction of sp³-hybridized carbons (Fsp3) is 0.654. The lowest BCUT2D eigenvalue weighted by Crippen LogP contribution is -2.43. The number of unbranched alkanes of at least 4 members (excludes halogenated alkanes) is 1. The average Bonchev–Trinajstić information content (AvgIpc) is 2.81. The third kappa shape index (κ3) is 10.3. The summed E-state index contributed by atoms with van der Waals surface area (Å²) in [7, 11) is 0. The van der Waals surface area contributed by atoms with Crippen molar-refractivity contribution in [2.24, 2.45) is 5.92 Å². The number of ether oxygens (including phenoxy) is 2. The van der Waals surface area contributed by atoms with Gasteiger partial charge in [-0.25, -0.2) is 9.59 Å². The van der Waals surface area contributed by atoms with Crippen LogP contribution in [0.5, 0.6) is 0 Å². The largest absolute Gasteiger partial charge is 0.461 e. The third-order valence-corrected chi connectivity index (χ3v) is 6.12. The van der Waals surface area contributed by atoms with E-state index in [1.165, 1.54) is 6.42 Å². The van der Waals surface area contributed by atoms with Gasteiger partial charge in [0.05, 0.1) is 0 Å². The minimum atomic E-state index is -0.847. The van der Waals surface area contributed by atoms with Crippen LogP contribution >= 0.6 is 0 Å². The second-order valence-corrected chi connectivity index (χ2v) is 9.13. The Hall–Kier alpha value is -2.57. The summed E-state index contributed by atoms with van der Waals surface area (Å²) in [5, 5.41) is 5.67. The van der Waals surface area contributed by atoms with E-state index in [1.54, 1.807) is 6.92 Å². The van der Waals surface area contributed by atoms with Gasteiger partial charge in [0.25, 0.3) is 0 Å². The van der Waals surface area contributed by atoms with Gasteiger partial charge in [-0.3, -0.25) is 4.79 Å². The number of hydrogen-bond donors (Lipinski definition) is 2. The minimum Gasteiger partial charge on any atom is -0.461 e. The first-order chi connectivity index (χ1) is 15.9. The van der Waals surface area contributed by atoms with Crippen LogP contribution in [0.25, 0.3) is 0 Å². The fourth-order valence-electron chi connectivity index (χ4n) is 4.07. The minimum absolute atomic E-state index is 0.0163. The zero-order valence-electron chi connectivity index (χ0n) is 20.3. The van der Waals surface area contributed by atoms with Crippen LogP contribution < -0.4 is 10.6 Å². The first-order valence-electron chi connectivity index (χ1n) is 12.4. The monoisotopic (exact) mass is 460 g/mol. The van der Waals surface area contributed by atoms with Crippen molar-refractivity contribution in [2.45, 2.75) is 103 Å². The van der Waals surface area contributed by atoms with E-state index in [2.05, 4.69) is 17.6 Å². The standard InChI is InChI=1S/C26H40N2O5/c1-4-5-16-23(19(2)17-24(29)28-22-14-10-7-11-15-22)33-25(30)20(3)27-26(31)32-18-21-12-8-6-9-13-21/h6,8-9,12-13,19-20,22-23H,4-5,7,10-11,14-18H2,1-3H3,(H,27,31)(H,28,29)/t19-,20-,23+/m0/s1. The summed E-state index contributed by atoms with van der Waals surface area (Å²) in [5.74, 6) is -0.615. The maximum absolute atomic E-state index is 12.6. The van der Waals surface area contributed by atoms with Crippen molar-refractivity contribution in [3.8, 4) is 0 Å². The van der Waals surface area contributed by atoms with Gasteiger partial charge >= 0.3 is 12.1 Å². The highest BCUT2D eigenvalue weighted by Gasteiger charge is 2.27. The number of alkyl carbamates (subject to hydrolysis) is 1.